The molecule has 4 aromatic rings. The van der Waals surface area contributed by atoms with Crippen LogP contribution in [0.25, 0.3) is 22.0 Å². The zero-order valence-electron chi connectivity index (χ0n) is 23.7. The fourth-order valence-electron chi connectivity index (χ4n) is 4.99. The standard InChI is InChI=1S/C32H32F2N4O4/c1-17(2)12-27(38-31(41)25-9-8-20-16-35-11-10-24(20)36-25)32(42)37-26(15-28(39)40)22-13-21(14-23(33)30(22)34)29-18(3)6-5-7-19(29)4/h5-11,13-14,16-17,26-27H,12,15H2,1-4H3,(H,37,42)(H,38,41)(H,39,40)/t26-,27-/m0/s1. The number of carboxylic acids is 1. The molecule has 0 radical (unpaired) electrons. The van der Waals surface area contributed by atoms with Gasteiger partial charge in [-0.15, -0.1) is 0 Å². The van der Waals surface area contributed by atoms with Crippen molar-refractivity contribution in [3.63, 3.8) is 0 Å². The number of carbonyl (C=O) groups is 3. The molecule has 4 rings (SSSR count). The number of nitrogens with zero attached hydrogens (tertiary/aromatic N) is 2. The van der Waals surface area contributed by atoms with Crippen molar-refractivity contribution in [1.29, 1.82) is 0 Å². The molecule has 0 spiro atoms. The number of hydrogen-bond donors (Lipinski definition) is 3. The van der Waals surface area contributed by atoms with E-state index in [2.05, 4.69) is 20.6 Å². The summed E-state index contributed by atoms with van der Waals surface area (Å²) in [5.74, 6) is -5.13. The van der Waals surface area contributed by atoms with Gasteiger partial charge in [0.05, 0.1) is 18.0 Å². The Morgan fingerprint density at radius 3 is 2.36 bits per heavy atom. The topological polar surface area (TPSA) is 121 Å². The summed E-state index contributed by atoms with van der Waals surface area (Å²) < 4.78 is 30.1. The first-order valence-electron chi connectivity index (χ1n) is 13.5. The number of carbonyl (C=O) groups excluding carboxylic acids is 2. The molecule has 2 aromatic carbocycles. The van der Waals surface area contributed by atoms with Crippen LogP contribution in [-0.2, 0) is 9.59 Å². The number of nitrogens with one attached hydrogen (secondary N) is 2. The van der Waals surface area contributed by atoms with Gasteiger partial charge in [-0.05, 0) is 78.8 Å². The van der Waals surface area contributed by atoms with Crippen LogP contribution in [0.2, 0.25) is 0 Å². The molecule has 0 fully saturated rings. The number of aliphatic carboxylic acids is 1. The van der Waals surface area contributed by atoms with Crippen LogP contribution in [0.3, 0.4) is 0 Å². The maximum Gasteiger partial charge on any atom is 0.305 e. The highest BCUT2D eigenvalue weighted by Gasteiger charge is 2.29. The van der Waals surface area contributed by atoms with Gasteiger partial charge in [-0.25, -0.2) is 13.8 Å². The fourth-order valence-corrected chi connectivity index (χ4v) is 4.99. The molecule has 0 aliphatic carbocycles. The molecule has 0 unspecified atom stereocenters. The van der Waals surface area contributed by atoms with Crippen molar-refractivity contribution in [2.45, 2.75) is 52.6 Å². The highest BCUT2D eigenvalue weighted by molar-refractivity contribution is 5.97. The number of aryl methyl sites for hydroxylation is 2. The van der Waals surface area contributed by atoms with E-state index in [0.29, 0.717) is 16.6 Å². The number of amides is 2. The van der Waals surface area contributed by atoms with Gasteiger partial charge in [-0.3, -0.25) is 19.4 Å². The third kappa shape index (κ3) is 6.94. The van der Waals surface area contributed by atoms with Gasteiger partial charge in [0.25, 0.3) is 5.91 Å². The molecule has 42 heavy (non-hydrogen) atoms. The highest BCUT2D eigenvalue weighted by atomic mass is 19.2. The molecule has 0 aliphatic heterocycles. The number of pyridine rings is 2. The molecule has 218 valence electrons. The lowest BCUT2D eigenvalue weighted by Crippen LogP contribution is -2.48. The first kappa shape index (κ1) is 30.2. The zero-order chi connectivity index (χ0) is 30.6. The van der Waals surface area contributed by atoms with Crippen molar-refractivity contribution in [3.8, 4) is 11.1 Å². The van der Waals surface area contributed by atoms with Crippen LogP contribution in [0.15, 0.2) is 60.9 Å². The van der Waals surface area contributed by atoms with Crippen LogP contribution in [0.4, 0.5) is 8.78 Å². The SMILES string of the molecule is Cc1cccc(C)c1-c1cc(F)c(F)c([C@H](CC(=O)O)NC(=O)[C@H](CC(C)C)NC(=O)c2ccc3cnccc3n2)c1. The quantitative estimate of drug-likeness (QED) is 0.225. The van der Waals surface area contributed by atoms with E-state index in [-0.39, 0.29) is 23.6 Å². The van der Waals surface area contributed by atoms with Gasteiger partial charge >= 0.3 is 5.97 Å². The van der Waals surface area contributed by atoms with Crippen molar-refractivity contribution >= 4 is 28.7 Å². The van der Waals surface area contributed by atoms with Crippen LogP contribution in [0.5, 0.6) is 0 Å². The lowest BCUT2D eigenvalue weighted by molar-refractivity contribution is -0.137. The highest BCUT2D eigenvalue weighted by Crippen LogP contribution is 2.33. The lowest BCUT2D eigenvalue weighted by Gasteiger charge is -2.25. The lowest BCUT2D eigenvalue weighted by atomic mass is 9.92. The number of fused-ring (bicyclic) bond motifs is 1. The predicted octanol–water partition coefficient (Wildman–Crippen LogP) is 5.67. The monoisotopic (exact) mass is 574 g/mol. The summed E-state index contributed by atoms with van der Waals surface area (Å²) in [6.45, 7) is 7.37. The van der Waals surface area contributed by atoms with E-state index < -0.39 is 47.9 Å². The Labute approximate surface area is 242 Å². The summed E-state index contributed by atoms with van der Waals surface area (Å²) in [4.78, 5) is 46.8. The van der Waals surface area contributed by atoms with Crippen LogP contribution in [-0.4, -0.2) is 38.9 Å². The molecule has 0 aliphatic rings. The van der Waals surface area contributed by atoms with Crippen molar-refractivity contribution in [2.75, 3.05) is 0 Å². The second-order valence-corrected chi connectivity index (χ2v) is 10.7. The summed E-state index contributed by atoms with van der Waals surface area (Å²) in [5, 5.41) is 15.6. The van der Waals surface area contributed by atoms with Crippen LogP contribution < -0.4 is 10.6 Å². The minimum Gasteiger partial charge on any atom is -0.481 e. The van der Waals surface area contributed by atoms with E-state index in [4.69, 9.17) is 0 Å². The third-order valence-electron chi connectivity index (χ3n) is 6.95. The van der Waals surface area contributed by atoms with Crippen LogP contribution >= 0.6 is 0 Å². The molecule has 0 bridgehead atoms. The first-order chi connectivity index (χ1) is 19.9. The maximum absolute atomic E-state index is 15.2. The van der Waals surface area contributed by atoms with E-state index in [0.717, 1.165) is 22.6 Å². The largest absolute Gasteiger partial charge is 0.481 e. The molecular formula is C32H32F2N4O4. The van der Waals surface area contributed by atoms with Gasteiger partial charge in [-0.1, -0.05) is 32.0 Å². The predicted molar refractivity (Wildman–Crippen MR) is 155 cm³/mol. The Kier molecular flexibility index (Phi) is 9.25. The Morgan fingerprint density at radius 1 is 0.976 bits per heavy atom. The minimum atomic E-state index is -1.41. The molecule has 2 aromatic heterocycles. The summed E-state index contributed by atoms with van der Waals surface area (Å²) >= 11 is 0. The van der Waals surface area contributed by atoms with Crippen LogP contribution in [0, 0.1) is 31.4 Å². The maximum atomic E-state index is 15.2. The molecule has 0 saturated heterocycles. The summed E-state index contributed by atoms with van der Waals surface area (Å²) in [7, 11) is 0. The van der Waals surface area contributed by atoms with Gasteiger partial charge in [0.15, 0.2) is 11.6 Å². The van der Waals surface area contributed by atoms with Gasteiger partial charge in [-0.2, -0.15) is 0 Å². The molecule has 10 heteroatoms. The Morgan fingerprint density at radius 2 is 1.69 bits per heavy atom. The van der Waals surface area contributed by atoms with Gasteiger partial charge in [0, 0.05) is 23.3 Å². The summed E-state index contributed by atoms with van der Waals surface area (Å²) in [6.07, 6.45) is 2.65. The third-order valence-corrected chi connectivity index (χ3v) is 6.95. The second kappa shape index (κ2) is 12.8. The molecule has 2 amide bonds. The van der Waals surface area contributed by atoms with E-state index in [1.165, 1.54) is 12.1 Å². The smallest absolute Gasteiger partial charge is 0.305 e. The molecule has 0 saturated carbocycles. The molecular weight excluding hydrogens is 542 g/mol. The average molecular weight is 575 g/mol. The average Bonchev–Trinajstić information content (AvgIpc) is 2.93. The van der Waals surface area contributed by atoms with Gasteiger partial charge in [0.1, 0.15) is 11.7 Å². The normalized spacial score (nSPS) is 12.6. The number of aromatic nitrogens is 2. The Bertz CT molecular complexity index is 1640. The Hall–Kier alpha value is -4.73. The molecule has 3 N–H and O–H groups in total. The van der Waals surface area contributed by atoms with Crippen molar-refractivity contribution in [2.24, 2.45) is 5.92 Å². The van der Waals surface area contributed by atoms with Gasteiger partial charge in [0.2, 0.25) is 5.91 Å². The van der Waals surface area contributed by atoms with Crippen LogP contribution in [0.1, 0.15) is 59.9 Å². The number of hydrogen-bond acceptors (Lipinski definition) is 5. The molecule has 8 nitrogen and oxygen atoms in total. The van der Waals surface area contributed by atoms with E-state index >= 15 is 4.39 Å². The number of carboxylic acid groups (broad SMARTS) is 1. The van der Waals surface area contributed by atoms with Crippen molar-refractivity contribution < 1.29 is 28.3 Å². The summed E-state index contributed by atoms with van der Waals surface area (Å²) in [5.41, 5.74) is 3.00. The minimum absolute atomic E-state index is 0.0452. The Balaban J connectivity index is 1.66. The fraction of sp³-hybridized carbons (Fsp3) is 0.281. The number of rotatable bonds is 10. The summed E-state index contributed by atoms with van der Waals surface area (Å²) in [6, 6.07) is 10.3. The number of halogens is 2. The van der Waals surface area contributed by atoms with E-state index in [1.807, 2.05) is 45.9 Å². The molecule has 2 heterocycles. The van der Waals surface area contributed by atoms with Gasteiger partial charge < -0.3 is 15.7 Å². The van der Waals surface area contributed by atoms with Crippen molar-refractivity contribution in [1.82, 2.24) is 20.6 Å². The molecule has 2 atom stereocenters. The van der Waals surface area contributed by atoms with E-state index in [1.54, 1.807) is 24.5 Å². The zero-order valence-corrected chi connectivity index (χ0v) is 23.7. The first-order valence-corrected chi connectivity index (χ1v) is 13.5. The van der Waals surface area contributed by atoms with Crippen molar-refractivity contribution in [3.05, 3.63) is 94.9 Å². The number of benzene rings is 2. The second-order valence-electron chi connectivity index (χ2n) is 10.7. The van der Waals surface area contributed by atoms with E-state index in [9.17, 15) is 23.9 Å².